The van der Waals surface area contributed by atoms with Crippen molar-refractivity contribution in [3.63, 3.8) is 0 Å². The summed E-state index contributed by atoms with van der Waals surface area (Å²) >= 11 is 0. The van der Waals surface area contributed by atoms with Crippen LogP contribution in [0.2, 0.25) is 0 Å². The minimum Gasteiger partial charge on any atom is -0.298 e. The topological polar surface area (TPSA) is 3.24 Å². The third kappa shape index (κ3) is 1.31. The number of rotatable bonds is 0. The average molecular weight is 153 g/mol. The molecule has 2 aliphatic rings. The van der Waals surface area contributed by atoms with Crippen LogP contribution in [-0.2, 0) is 0 Å². The molecule has 3 atom stereocenters. The van der Waals surface area contributed by atoms with Gasteiger partial charge in [-0.2, -0.15) is 0 Å². The quantitative estimate of drug-likeness (QED) is 0.516. The van der Waals surface area contributed by atoms with Gasteiger partial charge in [0.15, 0.2) is 0 Å². The van der Waals surface area contributed by atoms with Crippen molar-refractivity contribution in [2.24, 2.45) is 5.92 Å². The molecule has 2 aliphatic heterocycles. The molecule has 0 bridgehead atoms. The van der Waals surface area contributed by atoms with Crippen molar-refractivity contribution in [1.82, 2.24) is 4.90 Å². The zero-order chi connectivity index (χ0) is 7.84. The van der Waals surface area contributed by atoms with Gasteiger partial charge < -0.3 is 0 Å². The first-order chi connectivity index (χ1) is 5.27. The van der Waals surface area contributed by atoms with Crippen molar-refractivity contribution in [2.45, 2.75) is 51.6 Å². The molecular formula is C10H19N. The number of fused-ring (bicyclic) bond motifs is 1. The molecule has 0 radical (unpaired) electrons. The first-order valence-corrected chi connectivity index (χ1v) is 5.03. The van der Waals surface area contributed by atoms with Crippen LogP contribution in [0.1, 0.15) is 39.5 Å². The molecule has 2 saturated heterocycles. The Balaban J connectivity index is 2.04. The van der Waals surface area contributed by atoms with E-state index >= 15 is 0 Å². The minimum atomic E-state index is 0.867. The molecule has 2 fully saturated rings. The van der Waals surface area contributed by atoms with E-state index in [4.69, 9.17) is 0 Å². The monoisotopic (exact) mass is 153 g/mol. The summed E-state index contributed by atoms with van der Waals surface area (Å²) in [4.78, 5) is 2.72. The van der Waals surface area contributed by atoms with Crippen LogP contribution < -0.4 is 0 Å². The Bertz CT molecular complexity index is 144. The fraction of sp³-hybridized carbons (Fsp3) is 1.00. The number of hydrogen-bond donors (Lipinski definition) is 0. The zero-order valence-electron chi connectivity index (χ0n) is 7.71. The Morgan fingerprint density at radius 2 is 2.00 bits per heavy atom. The highest BCUT2D eigenvalue weighted by Crippen LogP contribution is 2.33. The lowest BCUT2D eigenvalue weighted by Crippen LogP contribution is -2.43. The van der Waals surface area contributed by atoms with Crippen molar-refractivity contribution in [3.8, 4) is 0 Å². The molecule has 64 valence electrons. The van der Waals surface area contributed by atoms with Crippen LogP contribution in [0.25, 0.3) is 0 Å². The van der Waals surface area contributed by atoms with Crippen molar-refractivity contribution >= 4 is 0 Å². The fourth-order valence-electron chi connectivity index (χ4n) is 2.97. The first kappa shape index (κ1) is 7.60. The van der Waals surface area contributed by atoms with Crippen LogP contribution in [0.4, 0.5) is 0 Å². The van der Waals surface area contributed by atoms with Crippen molar-refractivity contribution in [3.05, 3.63) is 0 Å². The third-order valence-electron chi connectivity index (χ3n) is 3.41. The maximum Gasteiger partial charge on any atom is 0.0101 e. The van der Waals surface area contributed by atoms with E-state index in [0.717, 1.165) is 18.0 Å². The van der Waals surface area contributed by atoms with E-state index in [1.807, 2.05) is 0 Å². The van der Waals surface area contributed by atoms with Crippen molar-refractivity contribution in [1.29, 1.82) is 0 Å². The van der Waals surface area contributed by atoms with Gasteiger partial charge in [-0.25, -0.2) is 0 Å². The Labute approximate surface area is 69.8 Å². The van der Waals surface area contributed by atoms with E-state index in [0.29, 0.717) is 0 Å². The Morgan fingerprint density at radius 3 is 2.82 bits per heavy atom. The van der Waals surface area contributed by atoms with E-state index in [1.165, 1.54) is 32.2 Å². The lowest BCUT2D eigenvalue weighted by atomic mass is 9.89. The molecule has 0 aromatic rings. The van der Waals surface area contributed by atoms with Gasteiger partial charge >= 0.3 is 0 Å². The maximum atomic E-state index is 2.72. The van der Waals surface area contributed by atoms with Crippen LogP contribution >= 0.6 is 0 Å². The SMILES string of the molecule is C[C@@H]1C[C@H]2CCCN2[C@@H](C)C1. The molecule has 0 aromatic carbocycles. The molecule has 0 N–H and O–H groups in total. The van der Waals surface area contributed by atoms with Crippen LogP contribution in [0.15, 0.2) is 0 Å². The highest BCUT2D eigenvalue weighted by Gasteiger charge is 2.34. The predicted octanol–water partition coefficient (Wildman–Crippen LogP) is 2.27. The van der Waals surface area contributed by atoms with Crippen LogP contribution in [0.3, 0.4) is 0 Å². The van der Waals surface area contributed by atoms with Gasteiger partial charge in [-0.15, -0.1) is 0 Å². The second-order valence-corrected chi connectivity index (χ2v) is 4.46. The number of nitrogens with zero attached hydrogens (tertiary/aromatic N) is 1. The van der Waals surface area contributed by atoms with E-state index in [-0.39, 0.29) is 0 Å². The van der Waals surface area contributed by atoms with Gasteiger partial charge in [-0.1, -0.05) is 6.92 Å². The van der Waals surface area contributed by atoms with Crippen LogP contribution in [-0.4, -0.2) is 23.5 Å². The van der Waals surface area contributed by atoms with Gasteiger partial charge in [-0.05, 0) is 45.1 Å². The molecule has 2 rings (SSSR count). The predicted molar refractivity (Wildman–Crippen MR) is 47.6 cm³/mol. The Morgan fingerprint density at radius 1 is 1.18 bits per heavy atom. The lowest BCUT2D eigenvalue weighted by Gasteiger charge is -2.38. The van der Waals surface area contributed by atoms with Gasteiger partial charge in [-0.3, -0.25) is 4.90 Å². The van der Waals surface area contributed by atoms with E-state index in [2.05, 4.69) is 18.7 Å². The Hall–Kier alpha value is -0.0400. The summed E-state index contributed by atoms with van der Waals surface area (Å²) in [6, 6.07) is 1.82. The molecular weight excluding hydrogens is 134 g/mol. The summed E-state index contributed by atoms with van der Waals surface area (Å²) in [6.07, 6.45) is 5.80. The average Bonchev–Trinajstić information content (AvgIpc) is 2.34. The van der Waals surface area contributed by atoms with E-state index in [1.54, 1.807) is 0 Å². The number of hydrogen-bond acceptors (Lipinski definition) is 1. The van der Waals surface area contributed by atoms with Crippen molar-refractivity contribution in [2.75, 3.05) is 6.54 Å². The molecule has 0 saturated carbocycles. The third-order valence-corrected chi connectivity index (χ3v) is 3.41. The molecule has 1 nitrogen and oxygen atoms in total. The highest BCUT2D eigenvalue weighted by molar-refractivity contribution is 4.89. The molecule has 2 heterocycles. The van der Waals surface area contributed by atoms with Gasteiger partial charge in [0.1, 0.15) is 0 Å². The molecule has 11 heavy (non-hydrogen) atoms. The highest BCUT2D eigenvalue weighted by atomic mass is 15.2. The number of piperidine rings is 1. The van der Waals surface area contributed by atoms with Gasteiger partial charge in [0.05, 0.1) is 0 Å². The molecule has 0 amide bonds. The molecule has 0 aliphatic carbocycles. The maximum absolute atomic E-state index is 2.72. The molecule has 0 aromatic heterocycles. The zero-order valence-corrected chi connectivity index (χ0v) is 7.71. The smallest absolute Gasteiger partial charge is 0.0101 e. The van der Waals surface area contributed by atoms with Crippen LogP contribution in [0, 0.1) is 5.92 Å². The van der Waals surface area contributed by atoms with E-state index < -0.39 is 0 Å². The summed E-state index contributed by atoms with van der Waals surface area (Å²) < 4.78 is 0. The fourth-order valence-corrected chi connectivity index (χ4v) is 2.97. The summed E-state index contributed by atoms with van der Waals surface area (Å²) in [5, 5.41) is 0. The minimum absolute atomic E-state index is 0.867. The molecule has 0 unspecified atom stereocenters. The van der Waals surface area contributed by atoms with Crippen LogP contribution in [0.5, 0.6) is 0 Å². The van der Waals surface area contributed by atoms with E-state index in [9.17, 15) is 0 Å². The summed E-state index contributed by atoms with van der Waals surface area (Å²) in [7, 11) is 0. The van der Waals surface area contributed by atoms with Crippen molar-refractivity contribution < 1.29 is 0 Å². The standard InChI is InChI=1S/C10H19N/c1-8-6-9(2)11-5-3-4-10(11)7-8/h8-10H,3-7H2,1-2H3/t8-,9-,10+/m0/s1. The largest absolute Gasteiger partial charge is 0.298 e. The summed E-state index contributed by atoms with van der Waals surface area (Å²) in [5.74, 6) is 0.976. The lowest BCUT2D eigenvalue weighted by molar-refractivity contribution is 0.103. The Kier molecular flexibility index (Phi) is 1.92. The second-order valence-electron chi connectivity index (χ2n) is 4.46. The normalized spacial score (nSPS) is 45.8. The summed E-state index contributed by atoms with van der Waals surface area (Å²) in [6.45, 7) is 6.18. The molecule has 0 spiro atoms. The second kappa shape index (κ2) is 2.78. The van der Waals surface area contributed by atoms with Gasteiger partial charge in [0.25, 0.3) is 0 Å². The summed E-state index contributed by atoms with van der Waals surface area (Å²) in [5.41, 5.74) is 0. The van der Waals surface area contributed by atoms with Gasteiger partial charge in [0.2, 0.25) is 0 Å². The van der Waals surface area contributed by atoms with Gasteiger partial charge in [0, 0.05) is 12.1 Å². The molecule has 1 heteroatoms. The first-order valence-electron chi connectivity index (χ1n) is 5.03.